The summed E-state index contributed by atoms with van der Waals surface area (Å²) >= 11 is 4.67. The van der Waals surface area contributed by atoms with Crippen LogP contribution in [-0.4, -0.2) is 27.6 Å². The molecule has 0 aliphatic carbocycles. The molecular formula is C8H10N4OS. The van der Waals surface area contributed by atoms with Crippen LogP contribution in [0.2, 0.25) is 0 Å². The van der Waals surface area contributed by atoms with E-state index in [1.165, 1.54) is 12.4 Å². The maximum absolute atomic E-state index is 11.4. The maximum Gasteiger partial charge on any atom is 0.252 e. The molecule has 0 unspecified atom stereocenters. The molecule has 5 nitrogen and oxygen atoms in total. The zero-order chi connectivity index (χ0) is 10.4. The van der Waals surface area contributed by atoms with Crippen molar-refractivity contribution in [3.8, 4) is 0 Å². The minimum atomic E-state index is -0.198. The molecule has 0 saturated heterocycles. The zero-order valence-electron chi connectivity index (χ0n) is 7.43. The molecule has 6 heteroatoms. The van der Waals surface area contributed by atoms with Crippen LogP contribution in [0.25, 0.3) is 0 Å². The van der Waals surface area contributed by atoms with Crippen molar-refractivity contribution in [2.45, 2.75) is 6.42 Å². The Morgan fingerprint density at radius 1 is 1.57 bits per heavy atom. The van der Waals surface area contributed by atoms with E-state index in [0.717, 1.165) is 0 Å². The Labute approximate surface area is 86.7 Å². The number of carbonyl (C=O) groups is 1. The van der Waals surface area contributed by atoms with Gasteiger partial charge in [-0.2, -0.15) is 10.2 Å². The van der Waals surface area contributed by atoms with Crippen LogP contribution in [0, 0.1) is 0 Å². The van der Waals surface area contributed by atoms with Gasteiger partial charge in [-0.15, -0.1) is 0 Å². The number of rotatable bonds is 4. The first-order chi connectivity index (χ1) is 6.70. The molecule has 0 aliphatic rings. The van der Waals surface area contributed by atoms with Crippen LogP contribution in [0.4, 0.5) is 0 Å². The summed E-state index contributed by atoms with van der Waals surface area (Å²) in [5.74, 6) is -0.198. The van der Waals surface area contributed by atoms with Crippen molar-refractivity contribution in [3.63, 3.8) is 0 Å². The minimum absolute atomic E-state index is 0.198. The lowest BCUT2D eigenvalue weighted by Gasteiger charge is -2.02. The Morgan fingerprint density at radius 2 is 2.36 bits per heavy atom. The molecule has 1 aromatic heterocycles. The molecule has 1 aromatic rings. The smallest absolute Gasteiger partial charge is 0.252 e. The lowest BCUT2D eigenvalue weighted by atomic mass is 10.3. The fraction of sp³-hybridized carbons (Fsp3) is 0.250. The van der Waals surface area contributed by atoms with Gasteiger partial charge in [0.2, 0.25) is 0 Å². The molecule has 74 valence electrons. The molecule has 0 atom stereocenters. The van der Waals surface area contributed by atoms with E-state index in [2.05, 4.69) is 27.7 Å². The molecule has 0 fully saturated rings. The number of hydrogen-bond acceptors (Lipinski definition) is 4. The quantitative estimate of drug-likeness (QED) is 0.677. The van der Waals surface area contributed by atoms with Crippen LogP contribution in [0.1, 0.15) is 16.8 Å². The van der Waals surface area contributed by atoms with E-state index in [9.17, 15) is 4.79 Å². The van der Waals surface area contributed by atoms with Gasteiger partial charge in [-0.05, 0) is 6.07 Å². The van der Waals surface area contributed by atoms with E-state index in [1.807, 2.05) is 0 Å². The molecular weight excluding hydrogens is 200 g/mol. The monoisotopic (exact) mass is 210 g/mol. The largest absolute Gasteiger partial charge is 0.393 e. The van der Waals surface area contributed by atoms with Gasteiger partial charge in [0, 0.05) is 13.0 Å². The first-order valence-electron chi connectivity index (χ1n) is 4.03. The van der Waals surface area contributed by atoms with Crippen LogP contribution in [-0.2, 0) is 0 Å². The average molecular weight is 210 g/mol. The third kappa shape index (κ3) is 3.44. The molecule has 1 amide bonds. The van der Waals surface area contributed by atoms with Crippen molar-refractivity contribution < 1.29 is 4.79 Å². The van der Waals surface area contributed by atoms with Gasteiger partial charge in [0.1, 0.15) is 0 Å². The highest BCUT2D eigenvalue weighted by Crippen LogP contribution is 1.92. The third-order valence-corrected chi connectivity index (χ3v) is 1.71. The average Bonchev–Trinajstić information content (AvgIpc) is 2.18. The third-order valence-electron chi connectivity index (χ3n) is 1.50. The second kappa shape index (κ2) is 5.23. The Morgan fingerprint density at radius 3 is 2.93 bits per heavy atom. The van der Waals surface area contributed by atoms with Crippen molar-refractivity contribution in [3.05, 3.63) is 24.0 Å². The molecule has 0 spiro atoms. The van der Waals surface area contributed by atoms with Gasteiger partial charge in [0.05, 0.1) is 22.9 Å². The van der Waals surface area contributed by atoms with E-state index in [1.54, 1.807) is 6.07 Å². The number of thiocarbonyl (C=S) groups is 1. The van der Waals surface area contributed by atoms with E-state index >= 15 is 0 Å². The lowest BCUT2D eigenvalue weighted by molar-refractivity contribution is 0.0954. The predicted octanol–water partition coefficient (Wildman–Crippen LogP) is -0.117. The van der Waals surface area contributed by atoms with Gasteiger partial charge in [-0.25, -0.2) is 0 Å². The van der Waals surface area contributed by atoms with E-state index in [4.69, 9.17) is 5.73 Å². The van der Waals surface area contributed by atoms with E-state index in [0.29, 0.717) is 23.5 Å². The second-order valence-electron chi connectivity index (χ2n) is 2.60. The molecule has 14 heavy (non-hydrogen) atoms. The number of aromatic nitrogens is 2. The van der Waals surface area contributed by atoms with Crippen LogP contribution >= 0.6 is 12.2 Å². The second-order valence-corrected chi connectivity index (χ2v) is 3.13. The number of amides is 1. The van der Waals surface area contributed by atoms with Gasteiger partial charge in [0.15, 0.2) is 0 Å². The maximum atomic E-state index is 11.4. The SMILES string of the molecule is NC(=S)CCNC(=O)c1ccnnc1. The number of nitrogens with zero attached hydrogens (tertiary/aromatic N) is 2. The summed E-state index contributed by atoms with van der Waals surface area (Å²) in [5, 5.41) is 9.81. The van der Waals surface area contributed by atoms with Gasteiger partial charge >= 0.3 is 0 Å². The van der Waals surface area contributed by atoms with Crippen LogP contribution in [0.5, 0.6) is 0 Å². The molecule has 0 aromatic carbocycles. The highest BCUT2D eigenvalue weighted by molar-refractivity contribution is 7.80. The lowest BCUT2D eigenvalue weighted by Crippen LogP contribution is -2.27. The molecule has 3 N–H and O–H groups in total. The Bertz CT molecular complexity index is 327. The summed E-state index contributed by atoms with van der Waals surface area (Å²) in [6.45, 7) is 0.441. The fourth-order valence-electron chi connectivity index (χ4n) is 0.826. The van der Waals surface area contributed by atoms with Gasteiger partial charge in [-0.3, -0.25) is 4.79 Å². The van der Waals surface area contributed by atoms with Crippen LogP contribution in [0.3, 0.4) is 0 Å². The first-order valence-corrected chi connectivity index (χ1v) is 4.44. The van der Waals surface area contributed by atoms with Crippen molar-refractivity contribution in [1.29, 1.82) is 0 Å². The van der Waals surface area contributed by atoms with Crippen molar-refractivity contribution in [2.75, 3.05) is 6.54 Å². The molecule has 1 heterocycles. The predicted molar refractivity (Wildman–Crippen MR) is 55.8 cm³/mol. The highest BCUT2D eigenvalue weighted by Gasteiger charge is 2.03. The molecule has 1 rings (SSSR count). The zero-order valence-corrected chi connectivity index (χ0v) is 8.25. The van der Waals surface area contributed by atoms with E-state index < -0.39 is 0 Å². The molecule has 0 bridgehead atoms. The number of carbonyl (C=O) groups excluding carboxylic acids is 1. The van der Waals surface area contributed by atoms with E-state index in [-0.39, 0.29) is 5.91 Å². The Hall–Kier alpha value is -1.56. The van der Waals surface area contributed by atoms with Crippen molar-refractivity contribution in [1.82, 2.24) is 15.5 Å². The fourth-order valence-corrected chi connectivity index (χ4v) is 0.928. The van der Waals surface area contributed by atoms with Gasteiger partial charge < -0.3 is 11.1 Å². The topological polar surface area (TPSA) is 80.9 Å². The standard InChI is InChI=1S/C8H10N4OS/c9-7(14)2-3-10-8(13)6-1-4-11-12-5-6/h1,4-5H,2-3H2,(H2,9,14)(H,10,13). The summed E-state index contributed by atoms with van der Waals surface area (Å²) in [6, 6.07) is 1.59. The van der Waals surface area contributed by atoms with Crippen LogP contribution < -0.4 is 11.1 Å². The highest BCUT2D eigenvalue weighted by atomic mass is 32.1. The molecule has 0 saturated carbocycles. The summed E-state index contributed by atoms with van der Waals surface area (Å²) in [4.78, 5) is 11.8. The summed E-state index contributed by atoms with van der Waals surface area (Å²) in [7, 11) is 0. The normalized spacial score (nSPS) is 9.43. The summed E-state index contributed by atoms with van der Waals surface area (Å²) in [5.41, 5.74) is 5.75. The number of nitrogens with one attached hydrogen (secondary N) is 1. The van der Waals surface area contributed by atoms with Crippen molar-refractivity contribution >= 4 is 23.1 Å². The molecule has 0 aliphatic heterocycles. The first kappa shape index (κ1) is 10.5. The summed E-state index contributed by atoms with van der Waals surface area (Å²) < 4.78 is 0. The number of nitrogens with two attached hydrogens (primary N) is 1. The minimum Gasteiger partial charge on any atom is -0.393 e. The van der Waals surface area contributed by atoms with Gasteiger partial charge in [-0.1, -0.05) is 12.2 Å². The van der Waals surface area contributed by atoms with Crippen LogP contribution in [0.15, 0.2) is 18.5 Å². The Balaban J connectivity index is 2.40. The van der Waals surface area contributed by atoms with Gasteiger partial charge in [0.25, 0.3) is 5.91 Å². The Kier molecular flexibility index (Phi) is 3.93. The summed E-state index contributed by atoms with van der Waals surface area (Å²) in [6.07, 6.45) is 3.36. The van der Waals surface area contributed by atoms with Crippen molar-refractivity contribution in [2.24, 2.45) is 5.73 Å². The molecule has 0 radical (unpaired) electrons. The number of hydrogen-bond donors (Lipinski definition) is 2.